The van der Waals surface area contributed by atoms with E-state index in [-0.39, 0.29) is 18.2 Å². The lowest BCUT2D eigenvalue weighted by molar-refractivity contribution is -0.142. The van der Waals surface area contributed by atoms with Gasteiger partial charge in [0.15, 0.2) is 11.6 Å². The first kappa shape index (κ1) is 15.7. The molecule has 0 saturated carbocycles. The van der Waals surface area contributed by atoms with E-state index in [0.717, 1.165) is 13.0 Å². The molecule has 1 saturated heterocycles. The number of carboxylic acid groups (broad SMARTS) is 1. The monoisotopic (exact) mass is 289 g/mol. The van der Waals surface area contributed by atoms with Crippen molar-refractivity contribution in [2.45, 2.75) is 18.9 Å². The van der Waals surface area contributed by atoms with Gasteiger partial charge in [-0.05, 0) is 31.5 Å². The third kappa shape index (κ3) is 4.08. The van der Waals surface area contributed by atoms with E-state index >= 15 is 0 Å². The number of para-hydroxylation sites is 1. The number of nitrogens with zero attached hydrogens (tertiary/aromatic N) is 1. The van der Waals surface area contributed by atoms with Gasteiger partial charge in [0, 0.05) is 6.54 Å². The molecular weight excluding hydrogens is 273 g/mol. The highest BCUT2D eigenvalue weighted by Crippen LogP contribution is 2.18. The third-order valence-electron chi connectivity index (χ3n) is 3.12. The van der Waals surface area contributed by atoms with E-state index in [1.165, 1.54) is 6.07 Å². The molecule has 1 fully saturated rings. The van der Waals surface area contributed by atoms with Crippen LogP contribution in [0.1, 0.15) is 12.8 Å². The molecule has 0 aliphatic carbocycles. The highest BCUT2D eigenvalue weighted by atomic mass is 35.5. The lowest BCUT2D eigenvalue weighted by Gasteiger charge is -2.20. The van der Waals surface area contributed by atoms with E-state index in [0.29, 0.717) is 19.6 Å². The van der Waals surface area contributed by atoms with Crippen molar-refractivity contribution in [3.8, 4) is 5.75 Å². The fourth-order valence-electron chi connectivity index (χ4n) is 2.21. The number of hydrogen-bond acceptors (Lipinski definition) is 3. The van der Waals surface area contributed by atoms with Crippen LogP contribution in [0.3, 0.4) is 0 Å². The van der Waals surface area contributed by atoms with Crippen LogP contribution in [0.25, 0.3) is 0 Å². The van der Waals surface area contributed by atoms with Gasteiger partial charge in [-0.2, -0.15) is 0 Å². The fraction of sp³-hybridized carbons (Fsp3) is 0.462. The zero-order chi connectivity index (χ0) is 13.0. The lowest BCUT2D eigenvalue weighted by atomic mass is 10.2. The SMILES string of the molecule is Cl.O=C(O)C1CCCN1CCOc1ccccc1F. The molecule has 0 aromatic heterocycles. The number of likely N-dealkylation sites (tertiary alicyclic amines) is 1. The van der Waals surface area contributed by atoms with Gasteiger partial charge in [0.25, 0.3) is 0 Å². The summed E-state index contributed by atoms with van der Waals surface area (Å²) >= 11 is 0. The maximum Gasteiger partial charge on any atom is 0.320 e. The second-order valence-electron chi connectivity index (χ2n) is 4.31. The van der Waals surface area contributed by atoms with Gasteiger partial charge in [-0.3, -0.25) is 9.69 Å². The van der Waals surface area contributed by atoms with Crippen LogP contribution in [0, 0.1) is 5.82 Å². The van der Waals surface area contributed by atoms with Crippen molar-refractivity contribution >= 4 is 18.4 Å². The summed E-state index contributed by atoms with van der Waals surface area (Å²) in [6.07, 6.45) is 1.56. The van der Waals surface area contributed by atoms with Gasteiger partial charge in [0.2, 0.25) is 0 Å². The van der Waals surface area contributed by atoms with E-state index in [4.69, 9.17) is 9.84 Å². The van der Waals surface area contributed by atoms with E-state index in [1.807, 2.05) is 4.90 Å². The molecule has 1 aromatic carbocycles. The first-order chi connectivity index (χ1) is 8.68. The Hall–Kier alpha value is -1.33. The number of ether oxygens (including phenoxy) is 1. The molecule has 0 spiro atoms. The van der Waals surface area contributed by atoms with Gasteiger partial charge in [-0.15, -0.1) is 12.4 Å². The van der Waals surface area contributed by atoms with Crippen molar-refractivity contribution in [3.05, 3.63) is 30.1 Å². The number of halogens is 2. The minimum absolute atomic E-state index is 0. The topological polar surface area (TPSA) is 49.8 Å². The molecule has 1 unspecified atom stereocenters. The van der Waals surface area contributed by atoms with Crippen molar-refractivity contribution in [2.75, 3.05) is 19.7 Å². The lowest BCUT2D eigenvalue weighted by Crippen LogP contribution is -2.38. The van der Waals surface area contributed by atoms with Crippen LogP contribution >= 0.6 is 12.4 Å². The summed E-state index contributed by atoms with van der Waals surface area (Å²) < 4.78 is 18.6. The van der Waals surface area contributed by atoms with Crippen molar-refractivity contribution in [1.82, 2.24) is 4.90 Å². The predicted molar refractivity (Wildman–Crippen MR) is 71.4 cm³/mol. The Morgan fingerprint density at radius 2 is 2.21 bits per heavy atom. The summed E-state index contributed by atoms with van der Waals surface area (Å²) in [6.45, 7) is 1.56. The minimum atomic E-state index is -0.793. The molecular formula is C13H17ClFNO3. The highest BCUT2D eigenvalue weighted by molar-refractivity contribution is 5.85. The summed E-state index contributed by atoms with van der Waals surface area (Å²) in [4.78, 5) is 12.8. The normalized spacial score (nSPS) is 18.9. The smallest absolute Gasteiger partial charge is 0.320 e. The van der Waals surface area contributed by atoms with Crippen LogP contribution in [0.5, 0.6) is 5.75 Å². The summed E-state index contributed by atoms with van der Waals surface area (Å²) in [5.41, 5.74) is 0. The van der Waals surface area contributed by atoms with Crippen molar-refractivity contribution in [1.29, 1.82) is 0 Å². The van der Waals surface area contributed by atoms with Crippen LogP contribution in [0.15, 0.2) is 24.3 Å². The molecule has 4 nitrogen and oxygen atoms in total. The second-order valence-corrected chi connectivity index (χ2v) is 4.31. The number of aliphatic carboxylic acids is 1. The van der Waals surface area contributed by atoms with Gasteiger partial charge >= 0.3 is 5.97 Å². The molecule has 0 amide bonds. The van der Waals surface area contributed by atoms with E-state index in [1.54, 1.807) is 18.2 Å². The van der Waals surface area contributed by atoms with Crippen molar-refractivity contribution in [3.63, 3.8) is 0 Å². The predicted octanol–water partition coefficient (Wildman–Crippen LogP) is 2.18. The Balaban J connectivity index is 0.00000180. The number of hydrogen-bond donors (Lipinski definition) is 1. The molecule has 6 heteroatoms. The number of benzene rings is 1. The first-order valence-electron chi connectivity index (χ1n) is 6.02. The van der Waals surface area contributed by atoms with E-state index in [9.17, 15) is 9.18 Å². The Bertz CT molecular complexity index is 430. The minimum Gasteiger partial charge on any atom is -0.489 e. The molecule has 1 N–H and O–H groups in total. The van der Waals surface area contributed by atoms with Gasteiger partial charge in [-0.25, -0.2) is 4.39 Å². The molecule has 19 heavy (non-hydrogen) atoms. The summed E-state index contributed by atoms with van der Waals surface area (Å²) in [5, 5.41) is 9.00. The van der Waals surface area contributed by atoms with Crippen LogP contribution in [-0.2, 0) is 4.79 Å². The molecule has 1 aromatic rings. The van der Waals surface area contributed by atoms with E-state index in [2.05, 4.69) is 0 Å². The molecule has 1 aliphatic heterocycles. The van der Waals surface area contributed by atoms with Crippen LogP contribution in [-0.4, -0.2) is 41.7 Å². The summed E-state index contributed by atoms with van der Waals surface area (Å²) in [6, 6.07) is 5.78. The van der Waals surface area contributed by atoms with Gasteiger partial charge in [-0.1, -0.05) is 12.1 Å². The number of carboxylic acids is 1. The van der Waals surface area contributed by atoms with Crippen LogP contribution < -0.4 is 4.74 Å². The molecule has 0 bridgehead atoms. The Morgan fingerprint density at radius 3 is 2.89 bits per heavy atom. The molecule has 1 heterocycles. The van der Waals surface area contributed by atoms with Crippen LogP contribution in [0.4, 0.5) is 4.39 Å². The summed E-state index contributed by atoms with van der Waals surface area (Å²) in [5.74, 6) is -0.976. The average molecular weight is 290 g/mol. The van der Waals surface area contributed by atoms with E-state index < -0.39 is 17.8 Å². The Morgan fingerprint density at radius 1 is 1.47 bits per heavy atom. The standard InChI is InChI=1S/C13H16FNO3.ClH/c14-10-4-1-2-6-12(10)18-9-8-15-7-3-5-11(15)13(16)17;/h1-2,4,6,11H,3,5,7-9H2,(H,16,17);1H. The molecule has 1 aliphatic rings. The summed E-state index contributed by atoms with van der Waals surface area (Å²) in [7, 11) is 0. The van der Waals surface area contributed by atoms with Gasteiger partial charge in [0.05, 0.1) is 0 Å². The molecule has 0 radical (unpaired) electrons. The maximum atomic E-state index is 13.3. The molecule has 1 atom stereocenters. The second kappa shape index (κ2) is 7.31. The zero-order valence-corrected chi connectivity index (χ0v) is 11.2. The Labute approximate surface area is 117 Å². The number of carbonyl (C=O) groups is 1. The quantitative estimate of drug-likeness (QED) is 0.903. The van der Waals surface area contributed by atoms with Crippen LogP contribution in [0.2, 0.25) is 0 Å². The third-order valence-corrected chi connectivity index (χ3v) is 3.12. The first-order valence-corrected chi connectivity index (χ1v) is 6.02. The zero-order valence-electron chi connectivity index (χ0n) is 10.4. The highest BCUT2D eigenvalue weighted by Gasteiger charge is 2.29. The van der Waals surface area contributed by atoms with Gasteiger partial charge < -0.3 is 9.84 Å². The largest absolute Gasteiger partial charge is 0.489 e. The fourth-order valence-corrected chi connectivity index (χ4v) is 2.21. The molecule has 2 rings (SSSR count). The maximum absolute atomic E-state index is 13.3. The number of rotatable bonds is 5. The molecule has 106 valence electrons. The Kier molecular flexibility index (Phi) is 6.05. The van der Waals surface area contributed by atoms with Crippen molar-refractivity contribution in [2.24, 2.45) is 0 Å². The van der Waals surface area contributed by atoms with Crippen molar-refractivity contribution < 1.29 is 19.0 Å². The van der Waals surface area contributed by atoms with Gasteiger partial charge in [0.1, 0.15) is 12.6 Å². The average Bonchev–Trinajstić information content (AvgIpc) is 2.80.